The van der Waals surface area contributed by atoms with Gasteiger partial charge in [-0.2, -0.15) is 0 Å². The molecular weight excluding hydrogens is 258 g/mol. The molecule has 0 aromatic heterocycles. The van der Waals surface area contributed by atoms with Gasteiger partial charge in [-0.1, -0.05) is 43.3 Å². The molecule has 1 unspecified atom stereocenters. The third kappa shape index (κ3) is 4.33. The van der Waals surface area contributed by atoms with E-state index in [1.54, 1.807) is 0 Å². The highest BCUT2D eigenvalue weighted by Crippen LogP contribution is 2.24. The minimum atomic E-state index is 0.211. The summed E-state index contributed by atoms with van der Waals surface area (Å²) in [4.78, 5) is 0. The first-order chi connectivity index (χ1) is 10.1. The Kier molecular flexibility index (Phi) is 5.40. The second kappa shape index (κ2) is 7.28. The van der Waals surface area contributed by atoms with E-state index in [2.05, 4.69) is 55.6 Å². The van der Waals surface area contributed by atoms with Crippen molar-refractivity contribution >= 4 is 0 Å². The van der Waals surface area contributed by atoms with Crippen molar-refractivity contribution in [2.45, 2.75) is 39.8 Å². The van der Waals surface area contributed by atoms with Gasteiger partial charge in [-0.25, -0.2) is 0 Å². The van der Waals surface area contributed by atoms with Gasteiger partial charge in [0.05, 0.1) is 6.10 Å². The lowest BCUT2D eigenvalue weighted by Crippen LogP contribution is -2.17. The third-order valence-corrected chi connectivity index (χ3v) is 3.48. The van der Waals surface area contributed by atoms with E-state index in [0.29, 0.717) is 6.04 Å². The summed E-state index contributed by atoms with van der Waals surface area (Å²) < 4.78 is 5.67. The predicted octanol–water partition coefficient (Wildman–Crippen LogP) is 4.81. The van der Waals surface area contributed by atoms with Crippen molar-refractivity contribution in [3.63, 3.8) is 0 Å². The van der Waals surface area contributed by atoms with Crippen LogP contribution in [0.5, 0.6) is 5.75 Å². The van der Waals surface area contributed by atoms with Crippen LogP contribution in [0.4, 0.5) is 0 Å². The van der Waals surface area contributed by atoms with Crippen LogP contribution < -0.4 is 10.1 Å². The molecule has 0 radical (unpaired) electrons. The number of hydrogen-bond donors (Lipinski definition) is 1. The molecule has 0 bridgehead atoms. The Morgan fingerprint density at radius 3 is 1.86 bits per heavy atom. The van der Waals surface area contributed by atoms with Gasteiger partial charge in [0, 0.05) is 6.04 Å². The van der Waals surface area contributed by atoms with Gasteiger partial charge in [0.15, 0.2) is 0 Å². The minimum absolute atomic E-state index is 0.211. The molecule has 2 nitrogen and oxygen atoms in total. The summed E-state index contributed by atoms with van der Waals surface area (Å²) in [7, 11) is 0. The highest BCUT2D eigenvalue weighted by molar-refractivity contribution is 5.64. The van der Waals surface area contributed by atoms with Crippen molar-refractivity contribution in [2.75, 3.05) is 6.54 Å². The maximum Gasteiger partial charge on any atom is 0.119 e. The zero-order chi connectivity index (χ0) is 15.2. The predicted molar refractivity (Wildman–Crippen MR) is 89.7 cm³/mol. The van der Waals surface area contributed by atoms with Crippen molar-refractivity contribution in [3.05, 3.63) is 54.1 Å². The fraction of sp³-hybridized carbons (Fsp3) is 0.368. The lowest BCUT2D eigenvalue weighted by molar-refractivity contribution is 0.242. The summed E-state index contributed by atoms with van der Waals surface area (Å²) in [5, 5.41) is 3.43. The highest BCUT2D eigenvalue weighted by atomic mass is 16.5. The Hall–Kier alpha value is -1.80. The monoisotopic (exact) mass is 283 g/mol. The molecule has 2 heteroatoms. The number of hydrogen-bond acceptors (Lipinski definition) is 2. The molecule has 0 aliphatic carbocycles. The van der Waals surface area contributed by atoms with Crippen molar-refractivity contribution in [3.8, 4) is 16.9 Å². The van der Waals surface area contributed by atoms with Gasteiger partial charge in [-0.15, -0.1) is 0 Å². The summed E-state index contributed by atoms with van der Waals surface area (Å²) in [5.74, 6) is 0.922. The van der Waals surface area contributed by atoms with Crippen LogP contribution in [0, 0.1) is 0 Å². The Labute approximate surface area is 128 Å². The molecule has 2 aromatic rings. The van der Waals surface area contributed by atoms with Gasteiger partial charge in [0.25, 0.3) is 0 Å². The van der Waals surface area contributed by atoms with Gasteiger partial charge >= 0.3 is 0 Å². The van der Waals surface area contributed by atoms with Gasteiger partial charge in [-0.05, 0) is 56.1 Å². The molecule has 1 N–H and O–H groups in total. The normalized spacial score (nSPS) is 12.4. The Bertz CT molecular complexity index is 543. The standard InChI is InChI=1S/C19H25NO/c1-5-20-15(4)16-6-8-17(9-7-16)18-10-12-19(13-11-18)21-14(2)3/h6-15,20H,5H2,1-4H3. The molecule has 112 valence electrons. The molecule has 0 spiro atoms. The van der Waals surface area contributed by atoms with Gasteiger partial charge < -0.3 is 10.1 Å². The summed E-state index contributed by atoms with van der Waals surface area (Å²) in [5.41, 5.74) is 3.77. The lowest BCUT2D eigenvalue weighted by atomic mass is 10.0. The number of nitrogens with one attached hydrogen (secondary N) is 1. The molecular formula is C19H25NO. The van der Waals surface area contributed by atoms with Crippen LogP contribution in [-0.4, -0.2) is 12.6 Å². The first kappa shape index (κ1) is 15.6. The van der Waals surface area contributed by atoms with Gasteiger partial charge in [0.2, 0.25) is 0 Å². The summed E-state index contributed by atoms with van der Waals surface area (Å²) in [6, 6.07) is 17.4. The van der Waals surface area contributed by atoms with E-state index in [1.807, 2.05) is 26.0 Å². The number of benzene rings is 2. The molecule has 0 heterocycles. The fourth-order valence-corrected chi connectivity index (χ4v) is 2.39. The van der Waals surface area contributed by atoms with Crippen molar-refractivity contribution in [2.24, 2.45) is 0 Å². The topological polar surface area (TPSA) is 21.3 Å². The molecule has 2 rings (SSSR count). The average Bonchev–Trinajstić information content (AvgIpc) is 2.48. The minimum Gasteiger partial charge on any atom is -0.491 e. The molecule has 0 saturated carbocycles. The van der Waals surface area contributed by atoms with Crippen LogP contribution >= 0.6 is 0 Å². The summed E-state index contributed by atoms with van der Waals surface area (Å²) in [6.07, 6.45) is 0.211. The molecule has 0 amide bonds. The second-order valence-corrected chi connectivity index (χ2v) is 5.59. The summed E-state index contributed by atoms with van der Waals surface area (Å²) >= 11 is 0. The van der Waals surface area contributed by atoms with Crippen LogP contribution in [0.2, 0.25) is 0 Å². The zero-order valence-corrected chi connectivity index (χ0v) is 13.4. The molecule has 0 saturated heterocycles. The zero-order valence-electron chi connectivity index (χ0n) is 13.4. The smallest absolute Gasteiger partial charge is 0.119 e. The van der Waals surface area contributed by atoms with E-state index in [1.165, 1.54) is 16.7 Å². The van der Waals surface area contributed by atoms with Crippen molar-refractivity contribution in [1.29, 1.82) is 0 Å². The van der Waals surface area contributed by atoms with E-state index >= 15 is 0 Å². The van der Waals surface area contributed by atoms with E-state index in [-0.39, 0.29) is 6.10 Å². The first-order valence-corrected chi connectivity index (χ1v) is 7.70. The van der Waals surface area contributed by atoms with E-state index in [4.69, 9.17) is 4.74 Å². The Balaban J connectivity index is 2.11. The number of rotatable bonds is 6. The maximum atomic E-state index is 5.67. The largest absolute Gasteiger partial charge is 0.491 e. The van der Waals surface area contributed by atoms with Crippen LogP contribution in [0.15, 0.2) is 48.5 Å². The molecule has 0 aliphatic rings. The highest BCUT2D eigenvalue weighted by Gasteiger charge is 2.04. The van der Waals surface area contributed by atoms with Crippen LogP contribution in [0.1, 0.15) is 39.3 Å². The average molecular weight is 283 g/mol. The number of ether oxygens (including phenoxy) is 1. The van der Waals surface area contributed by atoms with Crippen LogP contribution in [0.3, 0.4) is 0 Å². The summed E-state index contributed by atoms with van der Waals surface area (Å²) in [6.45, 7) is 9.39. The van der Waals surface area contributed by atoms with Crippen LogP contribution in [0.25, 0.3) is 11.1 Å². The van der Waals surface area contributed by atoms with Gasteiger partial charge in [0.1, 0.15) is 5.75 Å². The molecule has 21 heavy (non-hydrogen) atoms. The first-order valence-electron chi connectivity index (χ1n) is 7.70. The Morgan fingerprint density at radius 1 is 0.857 bits per heavy atom. The van der Waals surface area contributed by atoms with Crippen molar-refractivity contribution in [1.82, 2.24) is 5.32 Å². The van der Waals surface area contributed by atoms with E-state index in [0.717, 1.165) is 12.3 Å². The molecule has 1 atom stereocenters. The Morgan fingerprint density at radius 2 is 1.38 bits per heavy atom. The quantitative estimate of drug-likeness (QED) is 0.821. The second-order valence-electron chi connectivity index (χ2n) is 5.59. The van der Waals surface area contributed by atoms with Crippen LogP contribution in [-0.2, 0) is 0 Å². The molecule has 0 fully saturated rings. The fourth-order valence-electron chi connectivity index (χ4n) is 2.39. The SMILES string of the molecule is CCNC(C)c1ccc(-c2ccc(OC(C)C)cc2)cc1. The van der Waals surface area contributed by atoms with E-state index in [9.17, 15) is 0 Å². The third-order valence-electron chi connectivity index (χ3n) is 3.48. The van der Waals surface area contributed by atoms with Gasteiger partial charge in [-0.3, -0.25) is 0 Å². The molecule has 2 aromatic carbocycles. The molecule has 0 aliphatic heterocycles. The lowest BCUT2D eigenvalue weighted by Gasteiger charge is -2.13. The maximum absolute atomic E-state index is 5.67. The van der Waals surface area contributed by atoms with E-state index < -0.39 is 0 Å². The van der Waals surface area contributed by atoms with Crippen molar-refractivity contribution < 1.29 is 4.74 Å².